The predicted molar refractivity (Wildman–Crippen MR) is 141 cm³/mol. The van der Waals surface area contributed by atoms with Crippen molar-refractivity contribution in [3.8, 4) is 35.2 Å². The van der Waals surface area contributed by atoms with Crippen LogP contribution >= 0.6 is 11.3 Å². The van der Waals surface area contributed by atoms with Crippen molar-refractivity contribution in [2.75, 3.05) is 54.0 Å². The van der Waals surface area contributed by atoms with Gasteiger partial charge >= 0.3 is 0 Å². The Kier molecular flexibility index (Phi) is 11.3. The van der Waals surface area contributed by atoms with Crippen molar-refractivity contribution >= 4 is 11.3 Å². The highest BCUT2D eigenvalue weighted by molar-refractivity contribution is 7.13. The second-order valence-corrected chi connectivity index (χ2v) is 10.0. The number of thiophene rings is 1. The smallest absolute Gasteiger partial charge is 0.135 e. The minimum absolute atomic E-state index is 0.667. The molecule has 0 atom stereocenters. The van der Waals surface area contributed by atoms with Crippen molar-refractivity contribution < 1.29 is 14.0 Å². The maximum Gasteiger partial charge on any atom is 0.135 e. The molecular weight excluding hydrogens is 428 g/mol. The number of ether oxygens (including phenoxy) is 2. The quantitative estimate of drug-likeness (QED) is 0.223. The van der Waals surface area contributed by atoms with Crippen LogP contribution in [0.15, 0.2) is 24.3 Å². The zero-order chi connectivity index (χ0) is 24.1. The molecule has 4 nitrogen and oxygen atoms in total. The summed E-state index contributed by atoms with van der Waals surface area (Å²) < 4.78 is 13.2. The lowest BCUT2D eigenvalue weighted by Crippen LogP contribution is -2.35. The molecule has 0 amide bonds. The number of quaternary nitrogens is 1. The second-order valence-electron chi connectivity index (χ2n) is 8.94. The third-order valence-corrected chi connectivity index (χ3v) is 5.79. The fourth-order valence-corrected chi connectivity index (χ4v) is 3.91. The van der Waals surface area contributed by atoms with E-state index in [1.54, 1.807) is 11.3 Å². The van der Waals surface area contributed by atoms with Crippen LogP contribution in [0, 0.1) is 30.6 Å². The van der Waals surface area contributed by atoms with Gasteiger partial charge in [0.2, 0.25) is 0 Å². The first-order valence-electron chi connectivity index (χ1n) is 11.7. The van der Waals surface area contributed by atoms with Crippen LogP contribution in [0.2, 0.25) is 0 Å². The summed E-state index contributed by atoms with van der Waals surface area (Å²) in [7, 11) is 6.59. The second kappa shape index (κ2) is 14.0. The highest BCUT2D eigenvalue weighted by Gasteiger charge is 2.11. The third-order valence-electron chi connectivity index (χ3n) is 4.87. The van der Waals surface area contributed by atoms with Gasteiger partial charge in [-0.1, -0.05) is 31.1 Å². The van der Waals surface area contributed by atoms with Crippen LogP contribution in [-0.2, 0) is 0 Å². The summed E-state index contributed by atoms with van der Waals surface area (Å²) in [6.07, 6.45) is 3.03. The van der Waals surface area contributed by atoms with Gasteiger partial charge in [0.25, 0.3) is 0 Å². The molecule has 33 heavy (non-hydrogen) atoms. The molecule has 0 aliphatic carbocycles. The van der Waals surface area contributed by atoms with Crippen LogP contribution in [-0.4, -0.2) is 58.5 Å². The van der Waals surface area contributed by atoms with E-state index in [-0.39, 0.29) is 0 Å². The molecule has 0 saturated carbocycles. The molecular formula is C28H38N2O2S. The van der Waals surface area contributed by atoms with Crippen molar-refractivity contribution in [1.29, 1.82) is 0 Å². The average Bonchev–Trinajstić information content (AvgIpc) is 3.21. The van der Waals surface area contributed by atoms with Crippen molar-refractivity contribution in [2.24, 2.45) is 0 Å². The molecule has 0 saturated heterocycles. The average molecular weight is 467 g/mol. The van der Waals surface area contributed by atoms with Crippen molar-refractivity contribution in [3.05, 3.63) is 50.5 Å². The van der Waals surface area contributed by atoms with Crippen molar-refractivity contribution in [3.63, 3.8) is 0 Å². The molecule has 0 unspecified atom stereocenters. The molecule has 178 valence electrons. The molecule has 0 aliphatic rings. The first kappa shape index (κ1) is 26.8. The maximum absolute atomic E-state index is 6.17. The zero-order valence-electron chi connectivity index (χ0n) is 21.1. The van der Waals surface area contributed by atoms with E-state index in [1.807, 2.05) is 25.1 Å². The lowest BCUT2D eigenvalue weighted by molar-refractivity contribution is -0.870. The van der Waals surface area contributed by atoms with E-state index in [0.29, 0.717) is 13.2 Å². The topological polar surface area (TPSA) is 32.6 Å². The number of aryl methyl sites for hydroxylation is 1. The maximum atomic E-state index is 6.17. The summed E-state index contributed by atoms with van der Waals surface area (Å²) in [5.74, 6) is 14.3. The van der Waals surface area contributed by atoms with Gasteiger partial charge in [-0.05, 0) is 50.1 Å². The van der Waals surface area contributed by atoms with E-state index in [4.69, 9.17) is 9.47 Å². The molecule has 1 aromatic carbocycles. The number of nitrogens with zero attached hydrogens (tertiary/aromatic N) is 2. The van der Waals surface area contributed by atoms with E-state index < -0.39 is 0 Å². The Hall–Kier alpha value is -2.44. The zero-order valence-corrected chi connectivity index (χ0v) is 21.9. The highest BCUT2D eigenvalue weighted by Crippen LogP contribution is 2.29. The monoisotopic (exact) mass is 466 g/mol. The van der Waals surface area contributed by atoms with E-state index in [1.165, 1.54) is 0 Å². The van der Waals surface area contributed by atoms with Crippen LogP contribution < -0.4 is 9.47 Å². The Labute approximate surface area is 204 Å². The number of hydrogen-bond acceptors (Lipinski definition) is 3. The Balaban J connectivity index is 2.16. The summed E-state index contributed by atoms with van der Waals surface area (Å²) in [5, 5.41) is 4.38. The van der Waals surface area contributed by atoms with Crippen molar-refractivity contribution in [2.45, 2.75) is 40.0 Å². The largest absolute Gasteiger partial charge is 0.662 e. The van der Waals surface area contributed by atoms with Gasteiger partial charge in [-0.25, -0.2) is 0 Å². The summed E-state index contributed by atoms with van der Waals surface area (Å²) in [5.41, 5.74) is 1.93. The third kappa shape index (κ3) is 10.4. The van der Waals surface area contributed by atoms with Crippen LogP contribution in [0.3, 0.4) is 0 Å². The van der Waals surface area contributed by atoms with Crippen LogP contribution in [0.1, 0.15) is 54.0 Å². The highest BCUT2D eigenvalue weighted by atomic mass is 32.1. The van der Waals surface area contributed by atoms with Crippen LogP contribution in [0.4, 0.5) is 0 Å². The predicted octanol–water partition coefficient (Wildman–Crippen LogP) is 5.86. The molecule has 5 heteroatoms. The number of rotatable bonds is 12. The minimum atomic E-state index is 0.667. The first-order valence-corrected chi connectivity index (χ1v) is 12.5. The van der Waals surface area contributed by atoms with Gasteiger partial charge in [-0.15, -0.1) is 23.8 Å². The number of unbranched alkanes of at least 4 members (excludes halogenated alkanes) is 1. The lowest BCUT2D eigenvalue weighted by Gasteiger charge is -2.23. The molecule has 0 fully saturated rings. The Bertz CT molecular complexity index is 997. The molecule has 2 rings (SSSR count). The van der Waals surface area contributed by atoms with E-state index in [9.17, 15) is 0 Å². The molecule has 1 heterocycles. The molecule has 0 bridgehead atoms. The van der Waals surface area contributed by atoms with Crippen LogP contribution in [0.25, 0.3) is 5.32 Å². The summed E-state index contributed by atoms with van der Waals surface area (Å²) in [6.45, 7) is 10.2. The molecule has 0 radical (unpaired) electrons. The molecule has 0 aliphatic heterocycles. The number of benzene rings is 1. The van der Waals surface area contributed by atoms with Gasteiger partial charge in [-0.3, -0.25) is 0 Å². The Morgan fingerprint density at radius 1 is 0.909 bits per heavy atom. The van der Waals surface area contributed by atoms with Gasteiger partial charge in [0.1, 0.15) is 11.5 Å². The Morgan fingerprint density at radius 2 is 1.61 bits per heavy atom. The lowest BCUT2D eigenvalue weighted by atomic mass is 10.1. The molecule has 0 spiro atoms. The van der Waals surface area contributed by atoms with E-state index in [0.717, 1.165) is 75.8 Å². The van der Waals surface area contributed by atoms with Gasteiger partial charge in [-0.2, -0.15) is 6.54 Å². The number of hydrogen-bond donors (Lipinski definition) is 0. The fourth-order valence-electron chi connectivity index (χ4n) is 3.15. The SMILES string of the molecule is CC#Cc1ccc(C#Cc2cc(OCCCC[N-]CC)c(C)cc2OCCC[N+](C)(C)C)s1. The summed E-state index contributed by atoms with van der Waals surface area (Å²) >= 11 is 1.61. The van der Waals surface area contributed by atoms with Gasteiger partial charge in [0, 0.05) is 6.42 Å². The summed E-state index contributed by atoms with van der Waals surface area (Å²) in [4.78, 5) is 2.02. The minimum Gasteiger partial charge on any atom is -0.662 e. The summed E-state index contributed by atoms with van der Waals surface area (Å²) in [6, 6.07) is 8.11. The molecule has 0 N–H and O–H groups in total. The Morgan fingerprint density at radius 3 is 2.30 bits per heavy atom. The van der Waals surface area contributed by atoms with Gasteiger partial charge in [0.15, 0.2) is 0 Å². The molecule has 1 aromatic heterocycles. The normalized spacial score (nSPS) is 10.7. The van der Waals surface area contributed by atoms with Gasteiger partial charge < -0.3 is 19.3 Å². The fraction of sp³-hybridized carbons (Fsp3) is 0.500. The van der Waals surface area contributed by atoms with Gasteiger partial charge in [0.05, 0.1) is 56.2 Å². The first-order chi connectivity index (χ1) is 15.8. The van der Waals surface area contributed by atoms with E-state index >= 15 is 0 Å². The molecule has 2 aromatic rings. The van der Waals surface area contributed by atoms with Crippen molar-refractivity contribution in [1.82, 2.24) is 0 Å². The van der Waals surface area contributed by atoms with Crippen LogP contribution in [0.5, 0.6) is 11.5 Å². The standard InChI is InChI=1S/C28H38N2O2S/c1-7-12-25-15-16-26(33-25)14-13-24-22-27(31-19-10-9-17-29-8-2)23(3)21-28(24)32-20-11-18-30(4,5)6/h15-16,21-22H,8-11,17-20H2,1-6H3. The van der Waals surface area contributed by atoms with E-state index in [2.05, 4.69) is 70.1 Å².